The highest BCUT2D eigenvalue weighted by Crippen LogP contribution is 2.46. The molecule has 2 heterocycles. The third-order valence-corrected chi connectivity index (χ3v) is 7.83. The number of methoxy groups -OCH3 is 2. The largest absolute Gasteiger partial charge is 0.493 e. The third-order valence-electron chi connectivity index (χ3n) is 6.06. The zero-order valence-corrected chi connectivity index (χ0v) is 19.8. The van der Waals surface area contributed by atoms with Crippen LogP contribution in [-0.4, -0.2) is 20.1 Å². The summed E-state index contributed by atoms with van der Waals surface area (Å²) in [6.45, 7) is 6.93. The average Bonchev–Trinajstić information content (AvgIpc) is 3.04. The van der Waals surface area contributed by atoms with E-state index in [4.69, 9.17) is 9.47 Å². The summed E-state index contributed by atoms with van der Waals surface area (Å²) in [4.78, 5) is 14.4. The van der Waals surface area contributed by atoms with Gasteiger partial charge in [0.2, 0.25) is 0 Å². The Balaban J connectivity index is 1.66. The molecule has 0 bridgehead atoms. The average molecular weight is 479 g/mol. The zero-order valence-electron chi connectivity index (χ0n) is 17.4. The summed E-state index contributed by atoms with van der Waals surface area (Å²) >= 11 is 5.28. The van der Waals surface area contributed by atoms with E-state index in [1.165, 1.54) is 10.4 Å². The lowest BCUT2D eigenvalue weighted by molar-refractivity contribution is 0.0934. The molecule has 0 saturated carbocycles. The van der Waals surface area contributed by atoms with Crippen LogP contribution in [0.25, 0.3) is 0 Å². The molecule has 2 aliphatic rings. The fourth-order valence-electron chi connectivity index (χ4n) is 4.31. The summed E-state index contributed by atoms with van der Waals surface area (Å²) in [6.07, 6.45) is 2.85. The van der Waals surface area contributed by atoms with Crippen LogP contribution in [0.15, 0.2) is 16.6 Å². The lowest BCUT2D eigenvalue weighted by Gasteiger charge is -2.34. The molecule has 156 valence electrons. The van der Waals surface area contributed by atoms with Gasteiger partial charge in [0.1, 0.15) is 11.2 Å². The van der Waals surface area contributed by atoms with Crippen molar-refractivity contribution >= 4 is 38.2 Å². The molecule has 29 heavy (non-hydrogen) atoms. The molecule has 0 spiro atoms. The van der Waals surface area contributed by atoms with Crippen LogP contribution in [0.5, 0.6) is 11.5 Å². The molecule has 7 heteroatoms. The number of halogens is 1. The second kappa shape index (κ2) is 7.51. The van der Waals surface area contributed by atoms with E-state index in [-0.39, 0.29) is 17.5 Å². The molecule has 2 atom stereocenters. The Morgan fingerprint density at radius 3 is 2.59 bits per heavy atom. The molecule has 1 aliphatic heterocycles. The standard InChI is InChI=1S/C22H27BrN2O3S/c1-22(2,3)12-6-7-13-16(10-12)29-21-17(13)20(26)24-19(25-21)11-8-14(23)18(28-5)15(9-11)27-4/h8-9,12,19,25H,6-7,10H2,1-5H3,(H,24,26)/t12-,19-/m0/s1. The second-order valence-electron chi connectivity index (χ2n) is 8.80. The lowest BCUT2D eigenvalue weighted by Crippen LogP contribution is -2.38. The Morgan fingerprint density at radius 2 is 1.93 bits per heavy atom. The Hall–Kier alpha value is -1.73. The van der Waals surface area contributed by atoms with Gasteiger partial charge in [0, 0.05) is 4.88 Å². The van der Waals surface area contributed by atoms with E-state index in [9.17, 15) is 4.79 Å². The molecule has 0 radical (unpaired) electrons. The summed E-state index contributed by atoms with van der Waals surface area (Å²) in [5.74, 6) is 1.91. The number of anilines is 1. The smallest absolute Gasteiger partial charge is 0.256 e. The van der Waals surface area contributed by atoms with Crippen LogP contribution in [0.3, 0.4) is 0 Å². The highest BCUT2D eigenvalue weighted by molar-refractivity contribution is 9.10. The quantitative estimate of drug-likeness (QED) is 0.608. The summed E-state index contributed by atoms with van der Waals surface area (Å²) in [5, 5.41) is 7.64. The number of hydrogen-bond donors (Lipinski definition) is 2. The molecule has 1 aliphatic carbocycles. The number of thiophene rings is 1. The molecule has 0 fully saturated rings. The van der Waals surface area contributed by atoms with Gasteiger partial charge < -0.3 is 20.1 Å². The van der Waals surface area contributed by atoms with E-state index in [2.05, 4.69) is 47.3 Å². The molecule has 5 nitrogen and oxygen atoms in total. The molecule has 2 aromatic rings. The first-order valence-electron chi connectivity index (χ1n) is 9.86. The van der Waals surface area contributed by atoms with Crippen molar-refractivity contribution in [2.45, 2.75) is 46.2 Å². The molecular weight excluding hydrogens is 452 g/mol. The van der Waals surface area contributed by atoms with Gasteiger partial charge in [0.15, 0.2) is 11.5 Å². The summed E-state index contributed by atoms with van der Waals surface area (Å²) in [7, 11) is 3.22. The van der Waals surface area contributed by atoms with Gasteiger partial charge in [-0.15, -0.1) is 11.3 Å². The molecule has 0 unspecified atom stereocenters. The lowest BCUT2D eigenvalue weighted by atomic mass is 9.72. The van der Waals surface area contributed by atoms with E-state index >= 15 is 0 Å². The Labute approximate surface area is 184 Å². The molecule has 4 rings (SSSR count). The topological polar surface area (TPSA) is 59.6 Å². The molecule has 2 N–H and O–H groups in total. The van der Waals surface area contributed by atoms with E-state index in [0.29, 0.717) is 17.4 Å². The van der Waals surface area contributed by atoms with E-state index in [1.54, 1.807) is 25.6 Å². The number of nitrogens with one attached hydrogen (secondary N) is 2. The number of hydrogen-bond acceptors (Lipinski definition) is 5. The first-order chi connectivity index (χ1) is 13.7. The van der Waals surface area contributed by atoms with Gasteiger partial charge >= 0.3 is 0 Å². The minimum absolute atomic E-state index is 0.00126. The summed E-state index contributed by atoms with van der Waals surface area (Å²) in [6, 6.07) is 3.85. The van der Waals surface area contributed by atoms with Gasteiger partial charge in [-0.25, -0.2) is 0 Å². The van der Waals surface area contributed by atoms with Crippen molar-refractivity contribution in [3.05, 3.63) is 38.2 Å². The maximum atomic E-state index is 13.0. The first-order valence-corrected chi connectivity index (χ1v) is 11.5. The second-order valence-corrected chi connectivity index (χ2v) is 10.8. The number of rotatable bonds is 3. The van der Waals surface area contributed by atoms with Gasteiger partial charge in [-0.05, 0) is 69.8 Å². The number of ether oxygens (including phenoxy) is 2. The van der Waals surface area contributed by atoms with E-state index in [0.717, 1.165) is 39.9 Å². The van der Waals surface area contributed by atoms with Crippen molar-refractivity contribution in [3.8, 4) is 11.5 Å². The van der Waals surface area contributed by atoms with Crippen molar-refractivity contribution < 1.29 is 14.3 Å². The van der Waals surface area contributed by atoms with Gasteiger partial charge in [-0.2, -0.15) is 0 Å². The number of carbonyl (C=O) groups excluding carboxylic acids is 1. The van der Waals surface area contributed by atoms with Crippen molar-refractivity contribution in [1.29, 1.82) is 0 Å². The minimum atomic E-state index is -0.315. The van der Waals surface area contributed by atoms with Crippen molar-refractivity contribution in [1.82, 2.24) is 5.32 Å². The van der Waals surface area contributed by atoms with E-state index < -0.39 is 0 Å². The van der Waals surface area contributed by atoms with Crippen LogP contribution in [-0.2, 0) is 12.8 Å². The van der Waals surface area contributed by atoms with Crippen molar-refractivity contribution in [2.24, 2.45) is 11.3 Å². The highest BCUT2D eigenvalue weighted by atomic mass is 79.9. The number of amides is 1. The first kappa shape index (κ1) is 20.5. The summed E-state index contributed by atoms with van der Waals surface area (Å²) < 4.78 is 11.7. The minimum Gasteiger partial charge on any atom is -0.493 e. The van der Waals surface area contributed by atoms with Crippen LogP contribution < -0.4 is 20.1 Å². The molecule has 1 aromatic carbocycles. The number of benzene rings is 1. The Morgan fingerprint density at radius 1 is 1.17 bits per heavy atom. The number of carbonyl (C=O) groups is 1. The predicted octanol–water partition coefficient (Wildman–Crippen LogP) is 5.53. The van der Waals surface area contributed by atoms with E-state index in [1.807, 2.05) is 12.1 Å². The van der Waals surface area contributed by atoms with Crippen LogP contribution in [0.4, 0.5) is 5.00 Å². The molecule has 0 saturated heterocycles. The van der Waals surface area contributed by atoms with Crippen molar-refractivity contribution in [3.63, 3.8) is 0 Å². The van der Waals surface area contributed by atoms with Gasteiger partial charge in [0.05, 0.1) is 24.3 Å². The van der Waals surface area contributed by atoms with Crippen molar-refractivity contribution in [2.75, 3.05) is 19.5 Å². The van der Waals surface area contributed by atoms with Gasteiger partial charge in [-0.3, -0.25) is 4.79 Å². The number of fused-ring (bicyclic) bond motifs is 3. The maximum absolute atomic E-state index is 13.0. The fourth-order valence-corrected chi connectivity index (χ4v) is 6.28. The van der Waals surface area contributed by atoms with Crippen LogP contribution >= 0.6 is 27.3 Å². The van der Waals surface area contributed by atoms with Crippen LogP contribution in [0, 0.1) is 11.3 Å². The monoisotopic (exact) mass is 478 g/mol. The van der Waals surface area contributed by atoms with Gasteiger partial charge in [0.25, 0.3) is 5.91 Å². The highest BCUT2D eigenvalue weighted by Gasteiger charge is 2.36. The third kappa shape index (κ3) is 3.63. The Kier molecular flexibility index (Phi) is 5.32. The predicted molar refractivity (Wildman–Crippen MR) is 120 cm³/mol. The van der Waals surface area contributed by atoms with Crippen LogP contribution in [0.1, 0.15) is 59.7 Å². The Bertz CT molecular complexity index is 964. The van der Waals surface area contributed by atoms with Crippen LogP contribution in [0.2, 0.25) is 0 Å². The normalized spacial score (nSPS) is 21.0. The molecule has 1 aromatic heterocycles. The maximum Gasteiger partial charge on any atom is 0.256 e. The zero-order chi connectivity index (χ0) is 20.9. The van der Waals surface area contributed by atoms with Gasteiger partial charge in [-0.1, -0.05) is 20.8 Å². The molecule has 1 amide bonds. The fraction of sp³-hybridized carbons (Fsp3) is 0.500. The SMILES string of the molecule is COc1cc([C@H]2NC(=O)c3c(sc4c3CC[C@H](C(C)(C)C)C4)N2)cc(Br)c1OC. The summed E-state index contributed by atoms with van der Waals surface area (Å²) in [5.41, 5.74) is 3.27. The molecular formula is C22H27BrN2O3S.